The maximum Gasteiger partial charge on any atom is 0.232 e. The van der Waals surface area contributed by atoms with Crippen LogP contribution in [0.2, 0.25) is 0 Å². The Morgan fingerprint density at radius 1 is 1.04 bits per heavy atom. The monoisotopic (exact) mass is 358 g/mol. The Labute approximate surface area is 153 Å². The Morgan fingerprint density at radius 3 is 2.08 bits per heavy atom. The maximum atomic E-state index is 13.0. The summed E-state index contributed by atoms with van der Waals surface area (Å²) in [4.78, 5) is 37.8. The number of amides is 3. The molecule has 26 heavy (non-hydrogen) atoms. The van der Waals surface area contributed by atoms with E-state index in [1.165, 1.54) is 0 Å². The number of fused-ring (bicyclic) bond motifs is 2. The van der Waals surface area contributed by atoms with Crippen LogP contribution >= 0.6 is 0 Å². The quantitative estimate of drug-likeness (QED) is 0.811. The van der Waals surface area contributed by atoms with E-state index in [9.17, 15) is 14.4 Å². The number of hydrogen-bond acceptors (Lipinski definition) is 4. The Balaban J connectivity index is 1.82. The molecule has 3 rings (SSSR count). The van der Waals surface area contributed by atoms with Gasteiger partial charge in [0, 0.05) is 21.9 Å². The molecule has 140 valence electrons. The van der Waals surface area contributed by atoms with Gasteiger partial charge >= 0.3 is 0 Å². The molecule has 2 fully saturated rings. The molecule has 2 unspecified atom stereocenters. The molecule has 1 aromatic rings. The van der Waals surface area contributed by atoms with Gasteiger partial charge in [-0.3, -0.25) is 19.7 Å². The maximum absolute atomic E-state index is 13.0. The molecule has 1 aromatic carbocycles. The van der Waals surface area contributed by atoms with Gasteiger partial charge in [0.05, 0.1) is 6.61 Å². The molecule has 1 aliphatic carbocycles. The van der Waals surface area contributed by atoms with Crippen molar-refractivity contribution in [3.05, 3.63) is 24.3 Å². The second-order valence-electron chi connectivity index (χ2n) is 8.41. The number of rotatable bonds is 4. The third kappa shape index (κ3) is 3.08. The first-order valence-electron chi connectivity index (χ1n) is 9.00. The number of carbonyl (C=O) groups is 3. The number of imide groups is 1. The van der Waals surface area contributed by atoms with Gasteiger partial charge in [-0.2, -0.15) is 0 Å². The molecule has 1 heterocycles. The van der Waals surface area contributed by atoms with Gasteiger partial charge < -0.3 is 10.1 Å². The van der Waals surface area contributed by atoms with Gasteiger partial charge in [-0.1, -0.05) is 20.8 Å². The molecular weight excluding hydrogens is 332 g/mol. The smallest absolute Gasteiger partial charge is 0.232 e. The lowest BCUT2D eigenvalue weighted by molar-refractivity contribution is -0.163. The predicted molar refractivity (Wildman–Crippen MR) is 97.6 cm³/mol. The summed E-state index contributed by atoms with van der Waals surface area (Å²) in [5, 5.41) is 5.42. The van der Waals surface area contributed by atoms with Gasteiger partial charge in [-0.25, -0.2) is 0 Å². The highest BCUT2D eigenvalue weighted by atomic mass is 16.5. The summed E-state index contributed by atoms with van der Waals surface area (Å²) in [7, 11) is 0. The second kappa shape index (κ2) is 6.11. The van der Waals surface area contributed by atoms with Gasteiger partial charge in [0.15, 0.2) is 0 Å². The van der Waals surface area contributed by atoms with Crippen LogP contribution in [0.15, 0.2) is 24.3 Å². The number of anilines is 1. The topological polar surface area (TPSA) is 84.5 Å². The second-order valence-corrected chi connectivity index (χ2v) is 8.41. The van der Waals surface area contributed by atoms with Crippen LogP contribution in [0.1, 0.15) is 47.0 Å². The van der Waals surface area contributed by atoms with Crippen LogP contribution in [0.4, 0.5) is 5.69 Å². The number of piperidine rings is 1. The van der Waals surface area contributed by atoms with Crippen LogP contribution in [0.5, 0.6) is 5.75 Å². The fourth-order valence-corrected chi connectivity index (χ4v) is 4.74. The minimum atomic E-state index is -0.798. The van der Waals surface area contributed by atoms with Crippen LogP contribution < -0.4 is 15.4 Å². The highest BCUT2D eigenvalue weighted by molar-refractivity contribution is 6.05. The molecule has 2 N–H and O–H groups in total. The van der Waals surface area contributed by atoms with Crippen molar-refractivity contribution in [3.63, 3.8) is 0 Å². The minimum absolute atomic E-state index is 0.165. The summed E-state index contributed by atoms with van der Waals surface area (Å²) < 4.78 is 5.41. The zero-order chi connectivity index (χ0) is 19.2. The summed E-state index contributed by atoms with van der Waals surface area (Å²) in [5.41, 5.74) is -1.56. The predicted octanol–water partition coefficient (Wildman–Crippen LogP) is 2.88. The Bertz CT molecular complexity index is 730. The lowest BCUT2D eigenvalue weighted by Gasteiger charge is -2.53. The largest absolute Gasteiger partial charge is 0.494 e. The third-order valence-electron chi connectivity index (χ3n) is 5.64. The van der Waals surface area contributed by atoms with E-state index in [0.29, 0.717) is 31.6 Å². The summed E-state index contributed by atoms with van der Waals surface area (Å²) in [6.45, 7) is 8.02. The zero-order valence-corrected chi connectivity index (χ0v) is 15.8. The molecule has 0 radical (unpaired) electrons. The van der Waals surface area contributed by atoms with Crippen LogP contribution in [0.3, 0.4) is 0 Å². The summed E-state index contributed by atoms with van der Waals surface area (Å²) in [6.07, 6.45) is 1.31. The van der Waals surface area contributed by atoms with E-state index in [-0.39, 0.29) is 17.7 Å². The van der Waals surface area contributed by atoms with Gasteiger partial charge in [0.2, 0.25) is 17.7 Å². The van der Waals surface area contributed by atoms with Crippen molar-refractivity contribution in [1.82, 2.24) is 5.32 Å². The molecule has 6 nitrogen and oxygen atoms in total. The Morgan fingerprint density at radius 2 is 1.58 bits per heavy atom. The van der Waals surface area contributed by atoms with Gasteiger partial charge in [0.1, 0.15) is 5.75 Å². The SMILES string of the molecule is CCOc1ccc(NC(=O)C2(C)CC3(C)CC(C)(C2)C(=O)NC3=O)cc1. The van der Waals surface area contributed by atoms with E-state index < -0.39 is 16.2 Å². The fraction of sp³-hybridized carbons (Fsp3) is 0.550. The van der Waals surface area contributed by atoms with E-state index in [2.05, 4.69) is 10.6 Å². The minimum Gasteiger partial charge on any atom is -0.494 e. The van der Waals surface area contributed by atoms with Crippen LogP contribution in [0.25, 0.3) is 0 Å². The molecule has 6 heteroatoms. The van der Waals surface area contributed by atoms with Crippen molar-refractivity contribution >= 4 is 23.4 Å². The van der Waals surface area contributed by atoms with E-state index >= 15 is 0 Å². The molecule has 2 bridgehead atoms. The zero-order valence-electron chi connectivity index (χ0n) is 15.8. The first-order chi connectivity index (χ1) is 12.1. The molecule has 0 spiro atoms. The Kier molecular flexibility index (Phi) is 4.33. The highest BCUT2D eigenvalue weighted by Gasteiger charge is 2.60. The van der Waals surface area contributed by atoms with E-state index in [1.54, 1.807) is 24.3 Å². The van der Waals surface area contributed by atoms with E-state index in [1.807, 2.05) is 27.7 Å². The molecular formula is C20H26N2O4. The number of carbonyl (C=O) groups excluding carboxylic acids is 3. The van der Waals surface area contributed by atoms with Crippen molar-refractivity contribution in [2.45, 2.75) is 47.0 Å². The number of hydrogen-bond donors (Lipinski definition) is 2. The standard InChI is InChI=1S/C20H26N2O4/c1-5-26-14-8-6-13(7-9-14)21-15(23)18(2)10-19(3)12-20(4,11-18)17(25)22-16(19)24/h6-9H,5,10-12H2,1-4H3,(H,21,23)(H,22,24,25). The van der Waals surface area contributed by atoms with E-state index in [4.69, 9.17) is 4.74 Å². The molecule has 0 aromatic heterocycles. The van der Waals surface area contributed by atoms with Crippen molar-refractivity contribution < 1.29 is 19.1 Å². The van der Waals surface area contributed by atoms with Crippen molar-refractivity contribution in [3.8, 4) is 5.75 Å². The molecule has 1 saturated heterocycles. The highest BCUT2D eigenvalue weighted by Crippen LogP contribution is 2.56. The molecule has 2 atom stereocenters. The molecule has 3 amide bonds. The average molecular weight is 358 g/mol. The summed E-state index contributed by atoms with van der Waals surface area (Å²) in [6, 6.07) is 7.18. The van der Waals surface area contributed by atoms with Gasteiger partial charge in [0.25, 0.3) is 0 Å². The van der Waals surface area contributed by atoms with Crippen LogP contribution in [-0.2, 0) is 14.4 Å². The average Bonchev–Trinajstić information content (AvgIpc) is 2.54. The summed E-state index contributed by atoms with van der Waals surface area (Å²) in [5.74, 6) is 0.0204. The lowest BCUT2D eigenvalue weighted by Crippen LogP contribution is -2.63. The third-order valence-corrected chi connectivity index (χ3v) is 5.64. The van der Waals surface area contributed by atoms with Gasteiger partial charge in [-0.05, 0) is 50.5 Å². The lowest BCUT2D eigenvalue weighted by atomic mass is 9.52. The molecule has 2 aliphatic rings. The van der Waals surface area contributed by atoms with Crippen molar-refractivity contribution in [2.24, 2.45) is 16.2 Å². The van der Waals surface area contributed by atoms with Crippen LogP contribution in [0, 0.1) is 16.2 Å². The molecule has 1 saturated carbocycles. The number of benzene rings is 1. The van der Waals surface area contributed by atoms with E-state index in [0.717, 1.165) is 5.75 Å². The van der Waals surface area contributed by atoms with Crippen molar-refractivity contribution in [1.29, 1.82) is 0 Å². The fourth-order valence-electron chi connectivity index (χ4n) is 4.74. The number of ether oxygens (including phenoxy) is 1. The summed E-state index contributed by atoms with van der Waals surface area (Å²) >= 11 is 0. The van der Waals surface area contributed by atoms with Crippen LogP contribution in [-0.4, -0.2) is 24.3 Å². The van der Waals surface area contributed by atoms with Crippen molar-refractivity contribution in [2.75, 3.05) is 11.9 Å². The Hall–Kier alpha value is -2.37. The van der Waals surface area contributed by atoms with Gasteiger partial charge in [-0.15, -0.1) is 0 Å². The molecule has 1 aliphatic heterocycles. The first-order valence-corrected chi connectivity index (χ1v) is 9.00. The number of nitrogens with one attached hydrogen (secondary N) is 2. The normalized spacial score (nSPS) is 33.4. The first kappa shape index (κ1) is 18.4.